The molecule has 1 aromatic rings. The molecule has 0 amide bonds. The van der Waals surface area contributed by atoms with Gasteiger partial charge in [0, 0.05) is 6.54 Å². The van der Waals surface area contributed by atoms with Crippen LogP contribution in [-0.2, 0) is 6.54 Å². The molecule has 2 rings (SSSR count). The van der Waals surface area contributed by atoms with Crippen LogP contribution in [0.2, 0.25) is 0 Å². The number of rotatable bonds is 6. The predicted octanol–water partition coefficient (Wildman–Crippen LogP) is 3.05. The van der Waals surface area contributed by atoms with Crippen molar-refractivity contribution in [3.8, 4) is 0 Å². The summed E-state index contributed by atoms with van der Waals surface area (Å²) < 4.78 is 0. The van der Waals surface area contributed by atoms with Gasteiger partial charge in [0.1, 0.15) is 0 Å². The Morgan fingerprint density at radius 3 is 2.83 bits per heavy atom. The lowest BCUT2D eigenvalue weighted by atomic mass is 10.0. The van der Waals surface area contributed by atoms with Crippen LogP contribution in [-0.4, -0.2) is 17.6 Å². The van der Waals surface area contributed by atoms with Crippen LogP contribution in [0.3, 0.4) is 0 Å². The summed E-state index contributed by atoms with van der Waals surface area (Å²) >= 11 is 0. The normalized spacial score (nSPS) is 16.0. The molecule has 0 unspecified atom stereocenters. The molecule has 1 saturated carbocycles. The zero-order valence-corrected chi connectivity index (χ0v) is 10.7. The molecule has 0 saturated heterocycles. The largest absolute Gasteiger partial charge is 0.478 e. The highest BCUT2D eigenvalue weighted by atomic mass is 16.4. The van der Waals surface area contributed by atoms with Gasteiger partial charge in [-0.3, -0.25) is 0 Å². The standard InChI is InChI=1S/C15H21NO2/c17-15(18)14-7-3-6-13(10-14)11-16-9-8-12-4-1-2-5-12/h3,6-7,10,12,16H,1-2,4-5,8-9,11H2,(H,17,18). The summed E-state index contributed by atoms with van der Waals surface area (Å²) in [7, 11) is 0. The van der Waals surface area contributed by atoms with Crippen molar-refractivity contribution in [1.82, 2.24) is 5.32 Å². The summed E-state index contributed by atoms with van der Waals surface area (Å²) in [6.07, 6.45) is 6.81. The molecule has 1 aliphatic carbocycles. The summed E-state index contributed by atoms with van der Waals surface area (Å²) in [5, 5.41) is 12.3. The van der Waals surface area contributed by atoms with Crippen molar-refractivity contribution in [2.45, 2.75) is 38.6 Å². The molecular formula is C15H21NO2. The van der Waals surface area contributed by atoms with E-state index >= 15 is 0 Å². The van der Waals surface area contributed by atoms with Crippen molar-refractivity contribution < 1.29 is 9.90 Å². The number of nitrogens with one attached hydrogen (secondary N) is 1. The quantitative estimate of drug-likeness (QED) is 0.760. The van der Waals surface area contributed by atoms with Gasteiger partial charge in [-0.1, -0.05) is 37.8 Å². The van der Waals surface area contributed by atoms with Crippen molar-refractivity contribution in [3.63, 3.8) is 0 Å². The first kappa shape index (κ1) is 13.1. The van der Waals surface area contributed by atoms with E-state index in [1.54, 1.807) is 18.2 Å². The Labute approximate surface area is 108 Å². The number of hydrogen-bond donors (Lipinski definition) is 2. The van der Waals surface area contributed by atoms with Crippen LogP contribution in [0.5, 0.6) is 0 Å². The number of carboxylic acids is 1. The summed E-state index contributed by atoms with van der Waals surface area (Å²) in [6.45, 7) is 1.79. The number of benzene rings is 1. The first-order valence-electron chi connectivity index (χ1n) is 6.78. The maximum Gasteiger partial charge on any atom is 0.335 e. The van der Waals surface area contributed by atoms with Gasteiger partial charge < -0.3 is 10.4 Å². The van der Waals surface area contributed by atoms with E-state index in [1.807, 2.05) is 6.07 Å². The van der Waals surface area contributed by atoms with Crippen LogP contribution in [0.4, 0.5) is 0 Å². The first-order valence-corrected chi connectivity index (χ1v) is 6.78. The minimum Gasteiger partial charge on any atom is -0.478 e. The van der Waals surface area contributed by atoms with Crippen LogP contribution < -0.4 is 5.32 Å². The molecule has 98 valence electrons. The second kappa shape index (κ2) is 6.55. The topological polar surface area (TPSA) is 49.3 Å². The molecule has 1 aliphatic rings. The Hall–Kier alpha value is -1.35. The Morgan fingerprint density at radius 2 is 2.11 bits per heavy atom. The third-order valence-electron chi connectivity index (χ3n) is 3.71. The average molecular weight is 247 g/mol. The van der Waals surface area contributed by atoms with Crippen molar-refractivity contribution in [2.75, 3.05) is 6.54 Å². The molecule has 0 aliphatic heterocycles. The fourth-order valence-electron chi connectivity index (χ4n) is 2.65. The minimum absolute atomic E-state index is 0.366. The van der Waals surface area contributed by atoms with Crippen LogP contribution >= 0.6 is 0 Å². The van der Waals surface area contributed by atoms with Crippen molar-refractivity contribution in [3.05, 3.63) is 35.4 Å². The van der Waals surface area contributed by atoms with E-state index < -0.39 is 5.97 Å². The minimum atomic E-state index is -0.859. The first-order chi connectivity index (χ1) is 8.75. The number of aromatic carboxylic acids is 1. The number of carboxylic acid groups (broad SMARTS) is 1. The Balaban J connectivity index is 1.72. The van der Waals surface area contributed by atoms with Gasteiger partial charge in [-0.15, -0.1) is 0 Å². The zero-order valence-electron chi connectivity index (χ0n) is 10.7. The Kier molecular flexibility index (Phi) is 4.76. The van der Waals surface area contributed by atoms with Crippen molar-refractivity contribution in [1.29, 1.82) is 0 Å². The van der Waals surface area contributed by atoms with E-state index in [2.05, 4.69) is 5.32 Å². The summed E-state index contributed by atoms with van der Waals surface area (Å²) in [4.78, 5) is 10.8. The van der Waals surface area contributed by atoms with Gasteiger partial charge in [0.05, 0.1) is 5.56 Å². The van der Waals surface area contributed by atoms with Gasteiger partial charge in [-0.05, 0) is 36.6 Å². The second-order valence-corrected chi connectivity index (χ2v) is 5.12. The zero-order chi connectivity index (χ0) is 12.8. The molecule has 3 heteroatoms. The highest BCUT2D eigenvalue weighted by Gasteiger charge is 2.13. The van der Waals surface area contributed by atoms with E-state index in [0.29, 0.717) is 5.56 Å². The van der Waals surface area contributed by atoms with Gasteiger partial charge in [0.15, 0.2) is 0 Å². The molecule has 0 spiro atoms. The summed E-state index contributed by atoms with van der Waals surface area (Å²) in [5.74, 6) is 0.0469. The van der Waals surface area contributed by atoms with Crippen LogP contribution in [0.1, 0.15) is 48.0 Å². The third kappa shape index (κ3) is 3.84. The fraction of sp³-hybridized carbons (Fsp3) is 0.533. The number of hydrogen-bond acceptors (Lipinski definition) is 2. The maximum atomic E-state index is 10.8. The lowest BCUT2D eigenvalue weighted by Crippen LogP contribution is -2.17. The molecule has 1 fully saturated rings. The van der Waals surface area contributed by atoms with E-state index in [0.717, 1.165) is 24.6 Å². The summed E-state index contributed by atoms with van der Waals surface area (Å²) in [5.41, 5.74) is 1.41. The third-order valence-corrected chi connectivity index (χ3v) is 3.71. The Morgan fingerprint density at radius 1 is 1.33 bits per heavy atom. The van der Waals surface area contributed by atoms with Crippen molar-refractivity contribution >= 4 is 5.97 Å². The van der Waals surface area contributed by atoms with Crippen LogP contribution in [0.25, 0.3) is 0 Å². The maximum absolute atomic E-state index is 10.8. The molecule has 0 atom stereocenters. The molecule has 0 bridgehead atoms. The van der Waals surface area contributed by atoms with E-state index in [1.165, 1.54) is 32.1 Å². The van der Waals surface area contributed by atoms with E-state index in [4.69, 9.17) is 5.11 Å². The SMILES string of the molecule is O=C(O)c1cccc(CNCCC2CCCC2)c1. The molecule has 3 nitrogen and oxygen atoms in total. The smallest absolute Gasteiger partial charge is 0.335 e. The van der Waals surface area contributed by atoms with Crippen LogP contribution in [0, 0.1) is 5.92 Å². The van der Waals surface area contributed by atoms with Gasteiger partial charge in [-0.2, -0.15) is 0 Å². The summed E-state index contributed by atoms with van der Waals surface area (Å²) in [6, 6.07) is 7.14. The van der Waals surface area contributed by atoms with E-state index in [9.17, 15) is 4.79 Å². The molecule has 1 aromatic carbocycles. The van der Waals surface area contributed by atoms with Crippen LogP contribution in [0.15, 0.2) is 24.3 Å². The second-order valence-electron chi connectivity index (χ2n) is 5.12. The monoisotopic (exact) mass is 247 g/mol. The molecule has 2 N–H and O–H groups in total. The average Bonchev–Trinajstić information content (AvgIpc) is 2.88. The molecular weight excluding hydrogens is 226 g/mol. The molecule has 0 aromatic heterocycles. The fourth-order valence-corrected chi connectivity index (χ4v) is 2.65. The highest BCUT2D eigenvalue weighted by molar-refractivity contribution is 5.87. The lowest BCUT2D eigenvalue weighted by Gasteiger charge is -2.10. The van der Waals surface area contributed by atoms with Gasteiger partial charge >= 0.3 is 5.97 Å². The predicted molar refractivity (Wildman–Crippen MR) is 71.7 cm³/mol. The van der Waals surface area contributed by atoms with Gasteiger partial charge in [-0.25, -0.2) is 4.79 Å². The molecule has 0 heterocycles. The lowest BCUT2D eigenvalue weighted by molar-refractivity contribution is 0.0696. The molecule has 0 radical (unpaired) electrons. The number of carbonyl (C=O) groups is 1. The Bertz CT molecular complexity index is 397. The molecule has 18 heavy (non-hydrogen) atoms. The van der Waals surface area contributed by atoms with Gasteiger partial charge in [0.2, 0.25) is 0 Å². The van der Waals surface area contributed by atoms with Gasteiger partial charge in [0.25, 0.3) is 0 Å². The highest BCUT2D eigenvalue weighted by Crippen LogP contribution is 2.26. The van der Waals surface area contributed by atoms with E-state index in [-0.39, 0.29) is 0 Å². The van der Waals surface area contributed by atoms with Crippen molar-refractivity contribution in [2.24, 2.45) is 5.92 Å².